The highest BCUT2D eigenvalue weighted by Crippen LogP contribution is 2.45. The molecular formula is C20H26O2. The number of rotatable bonds is 0. The maximum atomic E-state index is 12.6. The highest BCUT2D eigenvalue weighted by molar-refractivity contribution is 5.95. The first-order chi connectivity index (χ1) is 10.4. The van der Waals surface area contributed by atoms with Gasteiger partial charge in [-0.1, -0.05) is 31.6 Å². The molecule has 2 aliphatic carbocycles. The Morgan fingerprint density at radius 1 is 1.32 bits per heavy atom. The van der Waals surface area contributed by atoms with Crippen LogP contribution in [0.4, 0.5) is 0 Å². The molecule has 3 atom stereocenters. The van der Waals surface area contributed by atoms with Crippen molar-refractivity contribution in [1.29, 1.82) is 0 Å². The molecule has 22 heavy (non-hydrogen) atoms. The van der Waals surface area contributed by atoms with Crippen molar-refractivity contribution in [3.8, 4) is 0 Å². The molecule has 0 aromatic carbocycles. The topological polar surface area (TPSA) is 30.2 Å². The first kappa shape index (κ1) is 15.3. The molecule has 1 heterocycles. The molecule has 1 aromatic heterocycles. The first-order valence-corrected chi connectivity index (χ1v) is 8.36. The third-order valence-electron chi connectivity index (χ3n) is 5.78. The van der Waals surface area contributed by atoms with E-state index >= 15 is 0 Å². The number of furan rings is 1. The summed E-state index contributed by atoms with van der Waals surface area (Å²) in [6.45, 7) is 8.69. The van der Waals surface area contributed by atoms with Gasteiger partial charge in [0.15, 0.2) is 5.78 Å². The maximum absolute atomic E-state index is 12.6. The lowest BCUT2D eigenvalue weighted by Crippen LogP contribution is -2.42. The van der Waals surface area contributed by atoms with Crippen LogP contribution in [-0.2, 0) is 17.6 Å². The van der Waals surface area contributed by atoms with Crippen molar-refractivity contribution >= 4 is 5.78 Å². The zero-order chi connectivity index (χ0) is 15.9. The summed E-state index contributed by atoms with van der Waals surface area (Å²) in [6, 6.07) is 0. The molecule has 0 spiro atoms. The van der Waals surface area contributed by atoms with E-state index in [2.05, 4.69) is 39.8 Å². The summed E-state index contributed by atoms with van der Waals surface area (Å²) in [7, 11) is 0. The smallest absolute Gasteiger partial charge is 0.161 e. The van der Waals surface area contributed by atoms with Crippen molar-refractivity contribution in [2.24, 2.45) is 17.3 Å². The number of fused-ring (bicyclic) bond motifs is 2. The van der Waals surface area contributed by atoms with Gasteiger partial charge in [-0.25, -0.2) is 0 Å². The second-order valence-corrected chi connectivity index (χ2v) is 7.40. The molecule has 0 aliphatic heterocycles. The molecule has 2 heteroatoms. The maximum Gasteiger partial charge on any atom is 0.161 e. The Labute approximate surface area is 133 Å². The molecule has 0 fully saturated rings. The zero-order valence-electron chi connectivity index (χ0n) is 14.1. The molecule has 1 aromatic rings. The molecule has 118 valence electrons. The van der Waals surface area contributed by atoms with Crippen molar-refractivity contribution in [3.63, 3.8) is 0 Å². The van der Waals surface area contributed by atoms with Gasteiger partial charge in [0.05, 0.1) is 6.26 Å². The lowest BCUT2D eigenvalue weighted by atomic mass is 9.61. The average molecular weight is 298 g/mol. The van der Waals surface area contributed by atoms with Gasteiger partial charge in [0.2, 0.25) is 0 Å². The summed E-state index contributed by atoms with van der Waals surface area (Å²) < 4.78 is 5.82. The van der Waals surface area contributed by atoms with Crippen molar-refractivity contribution in [2.45, 2.75) is 53.4 Å². The van der Waals surface area contributed by atoms with Crippen LogP contribution in [0.3, 0.4) is 0 Å². The molecule has 2 aliphatic rings. The van der Waals surface area contributed by atoms with Crippen LogP contribution in [0.1, 0.15) is 50.5 Å². The molecule has 0 radical (unpaired) electrons. The average Bonchev–Trinajstić information content (AvgIpc) is 2.80. The number of hydrogen-bond donors (Lipinski definition) is 0. The van der Waals surface area contributed by atoms with Gasteiger partial charge in [-0.05, 0) is 62.1 Å². The van der Waals surface area contributed by atoms with Crippen molar-refractivity contribution in [3.05, 3.63) is 47.0 Å². The van der Waals surface area contributed by atoms with Crippen LogP contribution < -0.4 is 0 Å². The Balaban J connectivity index is 2.09. The van der Waals surface area contributed by atoms with Gasteiger partial charge < -0.3 is 4.42 Å². The Morgan fingerprint density at radius 2 is 2.09 bits per heavy atom. The Hall–Kier alpha value is -1.57. The zero-order valence-corrected chi connectivity index (χ0v) is 14.1. The molecule has 0 saturated carbocycles. The largest absolute Gasteiger partial charge is 0.468 e. The van der Waals surface area contributed by atoms with Crippen LogP contribution >= 0.6 is 0 Å². The van der Waals surface area contributed by atoms with Gasteiger partial charge in [-0.15, -0.1) is 0 Å². The fourth-order valence-electron chi connectivity index (χ4n) is 4.15. The van der Waals surface area contributed by atoms with Crippen LogP contribution in [0.15, 0.2) is 34.5 Å². The van der Waals surface area contributed by atoms with Gasteiger partial charge in [-0.3, -0.25) is 4.79 Å². The number of carbonyl (C=O) groups is 1. The minimum atomic E-state index is -0.261. The second kappa shape index (κ2) is 5.57. The van der Waals surface area contributed by atoms with E-state index in [1.807, 2.05) is 12.3 Å². The van der Waals surface area contributed by atoms with Gasteiger partial charge in [0, 0.05) is 11.8 Å². The van der Waals surface area contributed by atoms with Crippen molar-refractivity contribution < 1.29 is 9.21 Å². The Kier molecular flexibility index (Phi) is 3.88. The first-order valence-electron chi connectivity index (χ1n) is 8.36. The normalized spacial score (nSPS) is 34.5. The van der Waals surface area contributed by atoms with E-state index in [0.717, 1.165) is 31.4 Å². The fraction of sp³-hybridized carbons (Fsp3) is 0.550. The molecule has 3 rings (SSSR count). The Bertz CT molecular complexity index is 647. The van der Waals surface area contributed by atoms with Gasteiger partial charge >= 0.3 is 0 Å². The number of hydrogen-bond acceptors (Lipinski definition) is 2. The lowest BCUT2D eigenvalue weighted by Gasteiger charge is -2.41. The predicted octanol–water partition coefficient (Wildman–Crippen LogP) is 4.81. The van der Waals surface area contributed by atoms with E-state index < -0.39 is 0 Å². The van der Waals surface area contributed by atoms with Crippen molar-refractivity contribution in [1.82, 2.24) is 0 Å². The third-order valence-corrected chi connectivity index (χ3v) is 5.78. The van der Waals surface area contributed by atoms with Gasteiger partial charge in [-0.2, -0.15) is 0 Å². The predicted molar refractivity (Wildman–Crippen MR) is 88.8 cm³/mol. The summed E-state index contributed by atoms with van der Waals surface area (Å²) >= 11 is 0. The Morgan fingerprint density at radius 3 is 2.86 bits per heavy atom. The summed E-state index contributed by atoms with van der Waals surface area (Å²) in [4.78, 5) is 12.6. The highest BCUT2D eigenvalue weighted by Gasteiger charge is 2.44. The summed E-state index contributed by atoms with van der Waals surface area (Å²) in [5.74, 6) is 2.16. The van der Waals surface area contributed by atoms with Crippen molar-refractivity contribution in [2.75, 3.05) is 0 Å². The minimum Gasteiger partial charge on any atom is -0.468 e. The van der Waals surface area contributed by atoms with E-state index in [-0.39, 0.29) is 5.41 Å². The molecule has 2 nitrogen and oxygen atoms in total. The van der Waals surface area contributed by atoms with Gasteiger partial charge in [0.1, 0.15) is 5.76 Å². The lowest BCUT2D eigenvalue weighted by molar-refractivity contribution is -0.128. The van der Waals surface area contributed by atoms with E-state index in [1.54, 1.807) is 0 Å². The van der Waals surface area contributed by atoms with Crippen LogP contribution in [0, 0.1) is 24.2 Å². The minimum absolute atomic E-state index is 0.261. The molecule has 0 saturated heterocycles. The van der Waals surface area contributed by atoms with E-state index in [0.29, 0.717) is 17.6 Å². The summed E-state index contributed by atoms with van der Waals surface area (Å²) in [5, 5.41) is 0. The highest BCUT2D eigenvalue weighted by atomic mass is 16.3. The third kappa shape index (κ3) is 2.49. The van der Waals surface area contributed by atoms with Crippen LogP contribution in [0.2, 0.25) is 0 Å². The quantitative estimate of drug-likeness (QED) is 0.643. The van der Waals surface area contributed by atoms with E-state index in [4.69, 9.17) is 4.42 Å². The van der Waals surface area contributed by atoms with E-state index in [9.17, 15) is 4.79 Å². The van der Waals surface area contributed by atoms with Crippen LogP contribution in [0.25, 0.3) is 0 Å². The number of ketones is 1. The van der Waals surface area contributed by atoms with Crippen LogP contribution in [0.5, 0.6) is 0 Å². The summed E-state index contributed by atoms with van der Waals surface area (Å²) in [5.41, 5.74) is 3.62. The molecular weight excluding hydrogens is 272 g/mol. The second-order valence-electron chi connectivity index (χ2n) is 7.40. The standard InChI is InChI=1S/C20H26O2/c1-13-6-5-9-20(4)17(14(2)7-8-19(20)21)11-16-15(3)12-22-18(16)10-13/h6-8,12,14,17H,5,9-11H2,1-4H3/b13-6+/t14-,17?,20-/m1/s1. The molecule has 0 N–H and O–H groups in total. The number of aryl methyl sites for hydroxylation is 1. The number of allylic oxidation sites excluding steroid dienone is 4. The molecule has 1 unspecified atom stereocenters. The molecule has 0 bridgehead atoms. The SMILES string of the molecule is C/C1=C\CC[C@@]2(C)C(=O)C=C[C@@H](C)C2Cc2c(C)coc2C1. The summed E-state index contributed by atoms with van der Waals surface area (Å²) in [6.07, 6.45) is 11.8. The fourth-order valence-corrected chi connectivity index (χ4v) is 4.15. The number of carbonyl (C=O) groups excluding carboxylic acids is 1. The van der Waals surface area contributed by atoms with Crippen LogP contribution in [-0.4, -0.2) is 5.78 Å². The monoisotopic (exact) mass is 298 g/mol. The molecule has 0 amide bonds. The van der Waals surface area contributed by atoms with E-state index in [1.165, 1.54) is 16.7 Å². The van der Waals surface area contributed by atoms with Gasteiger partial charge in [0.25, 0.3) is 0 Å².